The Kier molecular flexibility index (Phi) is 5.22. The number of ether oxygens (including phenoxy) is 2. The summed E-state index contributed by atoms with van der Waals surface area (Å²) in [5.74, 6) is 1.39. The first-order valence-electron chi connectivity index (χ1n) is 9.62. The summed E-state index contributed by atoms with van der Waals surface area (Å²) in [4.78, 5) is 18.0. The Labute approximate surface area is 160 Å². The predicted octanol–water partition coefficient (Wildman–Crippen LogP) is 2.20. The number of rotatable bonds is 5. The Hall–Kier alpha value is -2.25. The Morgan fingerprint density at radius 1 is 1.11 bits per heavy atom. The van der Waals surface area contributed by atoms with E-state index in [1.165, 1.54) is 5.56 Å². The van der Waals surface area contributed by atoms with Crippen LogP contribution in [-0.2, 0) is 15.9 Å². The summed E-state index contributed by atoms with van der Waals surface area (Å²) < 4.78 is 11.6. The van der Waals surface area contributed by atoms with Crippen molar-refractivity contribution in [1.82, 2.24) is 15.0 Å². The summed E-state index contributed by atoms with van der Waals surface area (Å²) in [5, 5.41) is 0. The number of pyridine rings is 1. The number of aromatic nitrogens is 3. The van der Waals surface area contributed by atoms with E-state index in [9.17, 15) is 0 Å². The highest BCUT2D eigenvalue weighted by Crippen LogP contribution is 2.32. The summed E-state index contributed by atoms with van der Waals surface area (Å²) in [7, 11) is 2.08. The van der Waals surface area contributed by atoms with Crippen LogP contribution in [-0.4, -0.2) is 60.6 Å². The normalized spacial score (nSPS) is 18.8. The number of likely N-dealkylation sites (N-methyl/N-ethyl adjacent to an activating group) is 1. The molecule has 2 aromatic rings. The molecule has 0 aromatic carbocycles. The van der Waals surface area contributed by atoms with Crippen LogP contribution in [0.15, 0.2) is 30.6 Å². The lowest BCUT2D eigenvalue weighted by atomic mass is 10.0. The Bertz CT molecular complexity index is 754. The molecule has 2 aliphatic rings. The molecule has 144 valence electrons. The van der Waals surface area contributed by atoms with Gasteiger partial charge in [0.2, 0.25) is 5.95 Å². The van der Waals surface area contributed by atoms with Gasteiger partial charge in [0, 0.05) is 63.7 Å². The Balaban J connectivity index is 1.42. The second-order valence-electron chi connectivity index (χ2n) is 7.29. The highest BCUT2D eigenvalue weighted by atomic mass is 16.7. The first-order valence-corrected chi connectivity index (χ1v) is 9.62. The molecule has 0 aliphatic carbocycles. The molecule has 27 heavy (non-hydrogen) atoms. The zero-order valence-electron chi connectivity index (χ0n) is 16.1. The van der Waals surface area contributed by atoms with Gasteiger partial charge in [-0.1, -0.05) is 0 Å². The maximum absolute atomic E-state index is 5.82. The van der Waals surface area contributed by atoms with Gasteiger partial charge in [-0.15, -0.1) is 0 Å². The van der Waals surface area contributed by atoms with Gasteiger partial charge in [0.05, 0.1) is 13.2 Å². The minimum Gasteiger partial charge on any atom is -0.359 e. The highest BCUT2D eigenvalue weighted by Gasteiger charge is 2.40. The third-order valence-corrected chi connectivity index (χ3v) is 5.33. The molecular formula is C20H27N5O2. The average Bonchev–Trinajstić information content (AvgIpc) is 3.15. The molecule has 2 aromatic heterocycles. The molecule has 7 nitrogen and oxygen atoms in total. The average molecular weight is 369 g/mol. The first kappa shape index (κ1) is 18.1. The van der Waals surface area contributed by atoms with Gasteiger partial charge < -0.3 is 19.3 Å². The van der Waals surface area contributed by atoms with Crippen LogP contribution in [0.25, 0.3) is 0 Å². The Morgan fingerprint density at radius 2 is 1.81 bits per heavy atom. The molecule has 0 bridgehead atoms. The quantitative estimate of drug-likeness (QED) is 0.800. The van der Waals surface area contributed by atoms with Crippen LogP contribution in [0, 0.1) is 6.92 Å². The van der Waals surface area contributed by atoms with Crippen LogP contribution >= 0.6 is 0 Å². The van der Waals surface area contributed by atoms with E-state index < -0.39 is 0 Å². The zero-order valence-corrected chi connectivity index (χ0v) is 16.1. The molecule has 1 spiro atoms. The van der Waals surface area contributed by atoms with Crippen molar-refractivity contribution in [3.05, 3.63) is 41.9 Å². The lowest BCUT2D eigenvalue weighted by molar-refractivity contribution is -0.169. The summed E-state index contributed by atoms with van der Waals surface area (Å²) in [5.41, 5.74) is 2.26. The predicted molar refractivity (Wildman–Crippen MR) is 104 cm³/mol. The summed E-state index contributed by atoms with van der Waals surface area (Å²) >= 11 is 0. The van der Waals surface area contributed by atoms with Crippen molar-refractivity contribution in [2.24, 2.45) is 0 Å². The van der Waals surface area contributed by atoms with Crippen LogP contribution < -0.4 is 9.80 Å². The van der Waals surface area contributed by atoms with E-state index in [1.807, 2.05) is 25.4 Å². The lowest BCUT2D eigenvalue weighted by Crippen LogP contribution is -2.45. The number of nitrogens with zero attached hydrogens (tertiary/aromatic N) is 5. The topological polar surface area (TPSA) is 63.6 Å². The summed E-state index contributed by atoms with van der Waals surface area (Å²) in [6.07, 6.45) is 6.35. The van der Waals surface area contributed by atoms with Crippen molar-refractivity contribution in [2.45, 2.75) is 32.0 Å². The van der Waals surface area contributed by atoms with E-state index in [2.05, 4.69) is 38.9 Å². The standard InChI is InChI=1S/C20H27N5O2/c1-16-15-18(24(2)10-5-17-3-8-21-9-4-17)23-19(22-16)25-11-6-20(7-12-25)26-13-14-27-20/h3-4,8-9,15H,5-7,10-14H2,1-2H3. The van der Waals surface area contributed by atoms with E-state index in [1.54, 1.807) is 0 Å². The molecule has 7 heteroatoms. The fraction of sp³-hybridized carbons (Fsp3) is 0.550. The molecule has 0 atom stereocenters. The van der Waals surface area contributed by atoms with Gasteiger partial charge in [-0.25, -0.2) is 4.98 Å². The van der Waals surface area contributed by atoms with Crippen LogP contribution in [0.4, 0.5) is 11.8 Å². The minimum absolute atomic E-state index is 0.371. The summed E-state index contributed by atoms with van der Waals surface area (Å²) in [6.45, 7) is 6.03. The molecular weight excluding hydrogens is 342 g/mol. The molecule has 4 heterocycles. The molecule has 4 rings (SSSR count). The van der Waals surface area contributed by atoms with E-state index >= 15 is 0 Å². The zero-order chi connectivity index (χ0) is 18.7. The largest absolute Gasteiger partial charge is 0.359 e. The molecule has 0 N–H and O–H groups in total. The maximum atomic E-state index is 5.82. The molecule has 2 saturated heterocycles. The second-order valence-corrected chi connectivity index (χ2v) is 7.29. The number of hydrogen-bond donors (Lipinski definition) is 0. The monoisotopic (exact) mass is 369 g/mol. The van der Waals surface area contributed by atoms with Gasteiger partial charge in [-0.3, -0.25) is 4.98 Å². The van der Waals surface area contributed by atoms with Crippen LogP contribution in [0.5, 0.6) is 0 Å². The molecule has 0 saturated carbocycles. The van der Waals surface area contributed by atoms with Crippen molar-refractivity contribution in [1.29, 1.82) is 0 Å². The van der Waals surface area contributed by atoms with Crippen molar-refractivity contribution >= 4 is 11.8 Å². The van der Waals surface area contributed by atoms with Crippen molar-refractivity contribution < 1.29 is 9.47 Å². The van der Waals surface area contributed by atoms with E-state index in [0.29, 0.717) is 13.2 Å². The van der Waals surface area contributed by atoms with Crippen LogP contribution in [0.2, 0.25) is 0 Å². The van der Waals surface area contributed by atoms with Crippen molar-refractivity contribution in [3.8, 4) is 0 Å². The third-order valence-electron chi connectivity index (χ3n) is 5.33. The van der Waals surface area contributed by atoms with Gasteiger partial charge in [0.1, 0.15) is 5.82 Å². The van der Waals surface area contributed by atoms with Gasteiger partial charge in [-0.05, 0) is 31.0 Å². The first-order chi connectivity index (χ1) is 13.1. The third kappa shape index (κ3) is 4.20. The highest BCUT2D eigenvalue weighted by molar-refractivity contribution is 5.45. The van der Waals surface area contributed by atoms with E-state index in [-0.39, 0.29) is 5.79 Å². The van der Waals surface area contributed by atoms with E-state index in [0.717, 1.165) is 56.4 Å². The minimum atomic E-state index is -0.371. The number of hydrogen-bond acceptors (Lipinski definition) is 7. The SMILES string of the molecule is Cc1cc(N(C)CCc2ccncc2)nc(N2CCC3(CC2)OCCO3)n1. The van der Waals surface area contributed by atoms with Crippen LogP contribution in [0.1, 0.15) is 24.1 Å². The fourth-order valence-electron chi connectivity index (χ4n) is 3.67. The molecule has 0 radical (unpaired) electrons. The van der Waals surface area contributed by atoms with Gasteiger partial charge in [-0.2, -0.15) is 4.98 Å². The lowest BCUT2D eigenvalue weighted by Gasteiger charge is -2.37. The number of anilines is 2. The van der Waals surface area contributed by atoms with Gasteiger partial charge >= 0.3 is 0 Å². The van der Waals surface area contributed by atoms with Crippen molar-refractivity contribution in [2.75, 3.05) is 49.7 Å². The Morgan fingerprint density at radius 3 is 2.52 bits per heavy atom. The molecule has 0 unspecified atom stereocenters. The van der Waals surface area contributed by atoms with Gasteiger partial charge in [0.15, 0.2) is 5.79 Å². The smallest absolute Gasteiger partial charge is 0.227 e. The molecule has 2 aliphatic heterocycles. The molecule has 0 amide bonds. The maximum Gasteiger partial charge on any atom is 0.227 e. The van der Waals surface area contributed by atoms with Crippen molar-refractivity contribution in [3.63, 3.8) is 0 Å². The fourth-order valence-corrected chi connectivity index (χ4v) is 3.67. The number of aryl methyl sites for hydroxylation is 1. The summed E-state index contributed by atoms with van der Waals surface area (Å²) in [6, 6.07) is 6.16. The molecule has 2 fully saturated rings. The van der Waals surface area contributed by atoms with Crippen LogP contribution in [0.3, 0.4) is 0 Å². The van der Waals surface area contributed by atoms with E-state index in [4.69, 9.17) is 14.5 Å². The van der Waals surface area contributed by atoms with Gasteiger partial charge in [0.25, 0.3) is 0 Å². The second kappa shape index (κ2) is 7.78. The number of piperidine rings is 1.